The van der Waals surface area contributed by atoms with Gasteiger partial charge in [0.15, 0.2) is 6.61 Å². The minimum Gasteiger partial charge on any atom is -0.455 e. The first-order valence-electron chi connectivity index (χ1n) is 9.20. The van der Waals surface area contributed by atoms with Crippen LogP contribution in [0.4, 0.5) is 24.5 Å². The Hall–Kier alpha value is -2.41. The van der Waals surface area contributed by atoms with Crippen LogP contribution in [0.25, 0.3) is 0 Å². The highest BCUT2D eigenvalue weighted by molar-refractivity contribution is 8.23. The number of hydrogen-bond acceptors (Lipinski definition) is 7. The van der Waals surface area contributed by atoms with Crippen molar-refractivity contribution < 1.29 is 32.4 Å². The summed E-state index contributed by atoms with van der Waals surface area (Å²) in [5, 5.41) is 12.7. The number of piperidine rings is 1. The van der Waals surface area contributed by atoms with Gasteiger partial charge in [-0.05, 0) is 24.8 Å². The summed E-state index contributed by atoms with van der Waals surface area (Å²) in [4.78, 5) is 35.4. The summed E-state index contributed by atoms with van der Waals surface area (Å²) in [6, 6.07) is 1.92. The number of nitrogens with one attached hydrogen (secondary N) is 1. The fraction of sp³-hybridized carbons (Fsp3) is 0.500. The molecule has 0 saturated carbocycles. The summed E-state index contributed by atoms with van der Waals surface area (Å²) >= 11 is 6.38. The van der Waals surface area contributed by atoms with E-state index in [1.165, 1.54) is 0 Å². The van der Waals surface area contributed by atoms with Crippen LogP contribution in [0.1, 0.15) is 25.3 Å². The Morgan fingerprint density at radius 2 is 2.00 bits per heavy atom. The van der Waals surface area contributed by atoms with Crippen molar-refractivity contribution in [1.82, 2.24) is 4.90 Å². The zero-order chi connectivity index (χ0) is 23.2. The number of ether oxygens (including phenoxy) is 1. The van der Waals surface area contributed by atoms with Gasteiger partial charge in [0.1, 0.15) is 4.32 Å². The molecule has 1 heterocycles. The van der Waals surface area contributed by atoms with Crippen molar-refractivity contribution in [3.8, 4) is 0 Å². The molecule has 0 unspecified atom stereocenters. The van der Waals surface area contributed by atoms with E-state index >= 15 is 0 Å². The van der Waals surface area contributed by atoms with Crippen LogP contribution in [0.2, 0.25) is 0 Å². The van der Waals surface area contributed by atoms with Crippen molar-refractivity contribution in [2.24, 2.45) is 5.92 Å². The van der Waals surface area contributed by atoms with Crippen molar-refractivity contribution in [2.45, 2.75) is 25.9 Å². The standard InChI is InChI=1S/C18H20F3N3O5S2/c1-11-4-6-23(7-5-11)17(30)31-10-16(26)29-9-15(25)22-14-3-2-12(24(27)28)8-13(14)18(19,20)21/h2-3,8,11H,4-7,9-10H2,1H3,(H,22,25). The van der Waals surface area contributed by atoms with Crippen LogP contribution in [0.15, 0.2) is 18.2 Å². The number of anilines is 1. The second-order valence-electron chi connectivity index (χ2n) is 6.92. The lowest BCUT2D eigenvalue weighted by molar-refractivity contribution is -0.385. The number of halogens is 3. The Labute approximate surface area is 185 Å². The number of esters is 1. The normalized spacial score (nSPS) is 14.8. The maximum Gasteiger partial charge on any atom is 0.418 e. The van der Waals surface area contributed by atoms with Gasteiger partial charge in [-0.25, -0.2) is 0 Å². The predicted molar refractivity (Wildman–Crippen MR) is 113 cm³/mol. The maximum absolute atomic E-state index is 13.1. The number of nitro groups is 1. The number of nitro benzene ring substituents is 1. The van der Waals surface area contributed by atoms with E-state index in [1.54, 1.807) is 0 Å². The summed E-state index contributed by atoms with van der Waals surface area (Å²) in [7, 11) is 0. The largest absolute Gasteiger partial charge is 0.455 e. The molecule has 0 bridgehead atoms. The number of thioether (sulfide) groups is 1. The van der Waals surface area contributed by atoms with Crippen LogP contribution >= 0.6 is 24.0 Å². The number of thiocarbonyl (C=S) groups is 1. The second kappa shape index (κ2) is 10.8. The molecule has 170 valence electrons. The molecule has 1 fully saturated rings. The minimum atomic E-state index is -4.93. The van der Waals surface area contributed by atoms with Crippen molar-refractivity contribution in [1.29, 1.82) is 0 Å². The zero-order valence-electron chi connectivity index (χ0n) is 16.4. The third-order valence-corrected chi connectivity index (χ3v) is 6.01. The fourth-order valence-electron chi connectivity index (χ4n) is 2.77. The quantitative estimate of drug-likeness (QED) is 0.284. The Bertz CT molecular complexity index is 858. The molecule has 13 heteroatoms. The molecule has 0 aliphatic carbocycles. The number of hydrogen-bond donors (Lipinski definition) is 1. The van der Waals surface area contributed by atoms with E-state index in [4.69, 9.17) is 17.0 Å². The minimum absolute atomic E-state index is 0.135. The van der Waals surface area contributed by atoms with E-state index < -0.39 is 46.5 Å². The third kappa shape index (κ3) is 7.65. The van der Waals surface area contributed by atoms with Gasteiger partial charge >= 0.3 is 12.1 Å². The second-order valence-corrected chi connectivity index (χ2v) is 8.53. The highest BCUT2D eigenvalue weighted by atomic mass is 32.2. The Balaban J connectivity index is 1.84. The number of benzene rings is 1. The third-order valence-electron chi connectivity index (χ3n) is 4.51. The van der Waals surface area contributed by atoms with Crippen LogP contribution in [0.5, 0.6) is 0 Å². The van der Waals surface area contributed by atoms with Gasteiger partial charge in [-0.3, -0.25) is 19.7 Å². The molecule has 31 heavy (non-hydrogen) atoms. The fourth-order valence-corrected chi connectivity index (χ4v) is 3.82. The molecule has 1 aliphatic rings. The first-order valence-corrected chi connectivity index (χ1v) is 10.6. The van der Waals surface area contributed by atoms with E-state index in [0.29, 0.717) is 16.3 Å². The molecule has 0 aromatic heterocycles. The maximum atomic E-state index is 13.1. The monoisotopic (exact) mass is 479 g/mol. The molecule has 1 aliphatic heterocycles. The van der Waals surface area contributed by atoms with Gasteiger partial charge in [0, 0.05) is 25.2 Å². The van der Waals surface area contributed by atoms with E-state index in [9.17, 15) is 32.9 Å². The first-order chi connectivity index (χ1) is 14.5. The molecular formula is C18H20F3N3O5S2. The molecule has 1 aromatic carbocycles. The summed E-state index contributed by atoms with van der Waals surface area (Å²) in [6.07, 6.45) is -2.91. The van der Waals surface area contributed by atoms with Crippen LogP contribution in [-0.2, 0) is 20.5 Å². The van der Waals surface area contributed by atoms with Gasteiger partial charge in [0.05, 0.1) is 21.9 Å². The average molecular weight is 480 g/mol. The average Bonchev–Trinajstić information content (AvgIpc) is 2.70. The molecule has 1 saturated heterocycles. The van der Waals surface area contributed by atoms with Gasteiger partial charge in [0.2, 0.25) is 0 Å². The molecule has 1 aromatic rings. The van der Waals surface area contributed by atoms with Gasteiger partial charge in [-0.1, -0.05) is 30.9 Å². The summed E-state index contributed by atoms with van der Waals surface area (Å²) in [5.74, 6) is -1.26. The molecule has 0 spiro atoms. The van der Waals surface area contributed by atoms with E-state index in [2.05, 4.69) is 6.92 Å². The number of rotatable bonds is 6. The number of carbonyl (C=O) groups is 2. The van der Waals surface area contributed by atoms with Crippen molar-refractivity contribution in [3.05, 3.63) is 33.9 Å². The zero-order valence-corrected chi connectivity index (χ0v) is 18.1. The number of non-ortho nitro benzene ring substituents is 1. The SMILES string of the molecule is CC1CCN(C(=S)SCC(=O)OCC(=O)Nc2ccc([N+](=O)[O-])cc2C(F)(F)F)CC1. The molecule has 8 nitrogen and oxygen atoms in total. The van der Waals surface area contributed by atoms with Crippen LogP contribution in [0, 0.1) is 16.0 Å². The molecule has 0 atom stereocenters. The van der Waals surface area contributed by atoms with Crippen LogP contribution in [-0.4, -0.2) is 51.5 Å². The number of likely N-dealkylation sites (tertiary alicyclic amines) is 1. The summed E-state index contributed by atoms with van der Waals surface area (Å²) in [5.41, 5.74) is -2.82. The predicted octanol–water partition coefficient (Wildman–Crippen LogP) is 3.85. The van der Waals surface area contributed by atoms with Crippen molar-refractivity contribution >= 4 is 51.6 Å². The molecule has 1 amide bonds. The van der Waals surface area contributed by atoms with Crippen molar-refractivity contribution in [3.63, 3.8) is 0 Å². The number of alkyl halides is 3. The number of amides is 1. The van der Waals surface area contributed by atoms with Crippen LogP contribution < -0.4 is 5.32 Å². The lowest BCUT2D eigenvalue weighted by atomic mass is 10.00. The molecule has 0 radical (unpaired) electrons. The number of nitrogens with zero attached hydrogens (tertiary/aromatic N) is 2. The molecule has 2 rings (SSSR count). The lowest BCUT2D eigenvalue weighted by Crippen LogP contribution is -2.36. The van der Waals surface area contributed by atoms with Crippen LogP contribution in [0.3, 0.4) is 0 Å². The molecular weight excluding hydrogens is 459 g/mol. The highest BCUT2D eigenvalue weighted by Crippen LogP contribution is 2.37. The van der Waals surface area contributed by atoms with E-state index in [1.807, 2.05) is 10.2 Å². The first kappa shape index (κ1) is 24.9. The van der Waals surface area contributed by atoms with Gasteiger partial charge in [0.25, 0.3) is 11.6 Å². The van der Waals surface area contributed by atoms with E-state index in [-0.39, 0.29) is 5.75 Å². The van der Waals surface area contributed by atoms with Gasteiger partial charge in [-0.15, -0.1) is 0 Å². The summed E-state index contributed by atoms with van der Waals surface area (Å²) in [6.45, 7) is 2.97. The topological polar surface area (TPSA) is 102 Å². The van der Waals surface area contributed by atoms with E-state index in [0.717, 1.165) is 49.8 Å². The highest BCUT2D eigenvalue weighted by Gasteiger charge is 2.35. The molecule has 1 N–H and O–H groups in total. The van der Waals surface area contributed by atoms with Gasteiger partial charge in [-0.2, -0.15) is 13.2 Å². The Morgan fingerprint density at radius 1 is 1.35 bits per heavy atom. The van der Waals surface area contributed by atoms with Crippen molar-refractivity contribution in [2.75, 3.05) is 30.8 Å². The Morgan fingerprint density at radius 3 is 2.58 bits per heavy atom. The Kier molecular flexibility index (Phi) is 8.62. The lowest BCUT2D eigenvalue weighted by Gasteiger charge is -2.31. The number of carbonyl (C=O) groups excluding carboxylic acids is 2. The van der Waals surface area contributed by atoms with Gasteiger partial charge < -0.3 is 15.0 Å². The summed E-state index contributed by atoms with van der Waals surface area (Å²) < 4.78 is 44.7. The smallest absolute Gasteiger partial charge is 0.418 e.